The van der Waals surface area contributed by atoms with Crippen molar-refractivity contribution in [2.75, 3.05) is 13.7 Å². The van der Waals surface area contributed by atoms with Gasteiger partial charge in [0.25, 0.3) is 0 Å². The number of carbonyl (C=O) groups is 1. The van der Waals surface area contributed by atoms with Gasteiger partial charge in [0.1, 0.15) is 6.07 Å². The van der Waals surface area contributed by atoms with Crippen LogP contribution in [0.3, 0.4) is 0 Å². The SMILES string of the molecule is COc1c(O)cc(C2CC(C(=O)O)CN2)cc1C#N. The maximum atomic E-state index is 10.9. The molecule has 2 rings (SSSR count). The molecule has 0 radical (unpaired) electrons. The maximum absolute atomic E-state index is 10.9. The number of benzene rings is 1. The van der Waals surface area contributed by atoms with Gasteiger partial charge in [0.2, 0.25) is 0 Å². The van der Waals surface area contributed by atoms with Crippen molar-refractivity contribution in [2.45, 2.75) is 12.5 Å². The topological polar surface area (TPSA) is 103 Å². The van der Waals surface area contributed by atoms with Gasteiger partial charge in [-0.05, 0) is 24.1 Å². The van der Waals surface area contributed by atoms with Gasteiger partial charge in [-0.2, -0.15) is 5.26 Å². The molecule has 19 heavy (non-hydrogen) atoms. The fourth-order valence-electron chi connectivity index (χ4n) is 2.31. The van der Waals surface area contributed by atoms with Crippen LogP contribution in [0.25, 0.3) is 0 Å². The molecule has 1 aromatic rings. The lowest BCUT2D eigenvalue weighted by atomic mass is 9.98. The minimum atomic E-state index is -0.840. The summed E-state index contributed by atoms with van der Waals surface area (Å²) in [5, 5.41) is 30.9. The van der Waals surface area contributed by atoms with Crippen molar-refractivity contribution >= 4 is 5.97 Å². The summed E-state index contributed by atoms with van der Waals surface area (Å²) >= 11 is 0. The third-order valence-corrected chi connectivity index (χ3v) is 3.30. The molecule has 6 heteroatoms. The molecule has 2 unspecified atom stereocenters. The first-order valence-corrected chi connectivity index (χ1v) is 5.84. The molecule has 100 valence electrons. The highest BCUT2D eigenvalue weighted by Crippen LogP contribution is 2.36. The minimum Gasteiger partial charge on any atom is -0.504 e. The molecule has 0 aliphatic carbocycles. The molecule has 6 nitrogen and oxygen atoms in total. The van der Waals surface area contributed by atoms with Crippen LogP contribution in [0.1, 0.15) is 23.6 Å². The first-order chi connectivity index (χ1) is 9.06. The van der Waals surface area contributed by atoms with Crippen molar-refractivity contribution in [3.05, 3.63) is 23.3 Å². The van der Waals surface area contributed by atoms with Crippen LogP contribution in [0.2, 0.25) is 0 Å². The monoisotopic (exact) mass is 262 g/mol. The maximum Gasteiger partial charge on any atom is 0.307 e. The number of nitriles is 1. The quantitative estimate of drug-likeness (QED) is 0.751. The predicted octanol–water partition coefficient (Wildman–Crippen LogP) is 1.01. The van der Waals surface area contributed by atoms with Crippen molar-refractivity contribution in [1.82, 2.24) is 5.32 Å². The number of aliphatic carboxylic acids is 1. The molecular weight excluding hydrogens is 248 g/mol. The van der Waals surface area contributed by atoms with E-state index in [1.807, 2.05) is 6.07 Å². The Kier molecular flexibility index (Phi) is 3.58. The third kappa shape index (κ3) is 2.46. The van der Waals surface area contributed by atoms with E-state index >= 15 is 0 Å². The average molecular weight is 262 g/mol. The lowest BCUT2D eigenvalue weighted by Crippen LogP contribution is -2.17. The van der Waals surface area contributed by atoms with Crippen LogP contribution in [-0.4, -0.2) is 29.8 Å². The van der Waals surface area contributed by atoms with Crippen molar-refractivity contribution in [2.24, 2.45) is 5.92 Å². The number of carboxylic acids is 1. The highest BCUT2D eigenvalue weighted by Gasteiger charge is 2.31. The van der Waals surface area contributed by atoms with Crippen LogP contribution in [0.15, 0.2) is 12.1 Å². The van der Waals surface area contributed by atoms with E-state index in [1.54, 1.807) is 6.07 Å². The highest BCUT2D eigenvalue weighted by atomic mass is 16.5. The van der Waals surface area contributed by atoms with Crippen molar-refractivity contribution in [1.29, 1.82) is 5.26 Å². The summed E-state index contributed by atoms with van der Waals surface area (Å²) in [6.07, 6.45) is 0.436. The first kappa shape index (κ1) is 13.2. The molecule has 1 aliphatic rings. The van der Waals surface area contributed by atoms with Crippen molar-refractivity contribution < 1.29 is 19.7 Å². The number of carboxylic acid groups (broad SMARTS) is 1. The molecule has 0 bridgehead atoms. The summed E-state index contributed by atoms with van der Waals surface area (Å²) in [6, 6.07) is 4.89. The smallest absolute Gasteiger partial charge is 0.307 e. The molecule has 0 aromatic heterocycles. The molecular formula is C13H14N2O4. The number of aromatic hydroxyl groups is 1. The lowest BCUT2D eigenvalue weighted by Gasteiger charge is -2.14. The fraction of sp³-hybridized carbons (Fsp3) is 0.385. The standard InChI is InChI=1S/C13H14N2O4/c1-19-12-8(5-14)2-7(4-11(12)16)10-3-9(6-15-10)13(17)18/h2,4,9-10,15-16H,3,6H2,1H3,(H,17,18). The normalized spacial score (nSPS) is 21.9. The zero-order valence-electron chi connectivity index (χ0n) is 10.4. The van der Waals surface area contributed by atoms with Gasteiger partial charge in [0, 0.05) is 12.6 Å². The van der Waals surface area contributed by atoms with Gasteiger partial charge in [-0.1, -0.05) is 0 Å². The van der Waals surface area contributed by atoms with E-state index in [4.69, 9.17) is 15.1 Å². The number of hydrogen-bond donors (Lipinski definition) is 3. The molecule has 3 N–H and O–H groups in total. The molecule has 0 saturated carbocycles. The predicted molar refractivity (Wildman–Crippen MR) is 65.9 cm³/mol. The van der Waals surface area contributed by atoms with Crippen LogP contribution in [-0.2, 0) is 4.79 Å². The Morgan fingerprint density at radius 2 is 2.32 bits per heavy atom. The van der Waals surface area contributed by atoms with Gasteiger partial charge in [0.05, 0.1) is 18.6 Å². The van der Waals surface area contributed by atoms with Gasteiger partial charge in [-0.15, -0.1) is 0 Å². The average Bonchev–Trinajstić information content (AvgIpc) is 2.87. The zero-order chi connectivity index (χ0) is 14.0. The number of rotatable bonds is 3. The number of nitrogens with one attached hydrogen (secondary N) is 1. The summed E-state index contributed by atoms with van der Waals surface area (Å²) in [5.74, 6) is -1.26. The Hall–Kier alpha value is -2.26. The lowest BCUT2D eigenvalue weighted by molar-refractivity contribution is -0.141. The molecule has 1 aliphatic heterocycles. The van der Waals surface area contributed by atoms with E-state index in [2.05, 4.69) is 5.32 Å². The van der Waals surface area contributed by atoms with E-state index in [-0.39, 0.29) is 23.1 Å². The number of methoxy groups -OCH3 is 1. The van der Waals surface area contributed by atoms with Crippen LogP contribution in [0.5, 0.6) is 11.5 Å². The molecule has 1 heterocycles. The first-order valence-electron chi connectivity index (χ1n) is 5.84. The van der Waals surface area contributed by atoms with Gasteiger partial charge in [0.15, 0.2) is 11.5 Å². The molecule has 1 aromatic carbocycles. The number of phenols is 1. The van der Waals surface area contributed by atoms with E-state index in [0.29, 0.717) is 18.5 Å². The molecule has 1 saturated heterocycles. The molecule has 2 atom stereocenters. The Balaban J connectivity index is 2.30. The Bertz CT molecular complexity index is 550. The summed E-state index contributed by atoms with van der Waals surface area (Å²) in [7, 11) is 1.38. The van der Waals surface area contributed by atoms with Crippen LogP contribution in [0.4, 0.5) is 0 Å². The number of phenolic OH excluding ortho intramolecular Hbond substituents is 1. The molecule has 0 amide bonds. The zero-order valence-corrected chi connectivity index (χ0v) is 10.4. The second-order valence-corrected chi connectivity index (χ2v) is 4.46. The minimum absolute atomic E-state index is 0.114. The second kappa shape index (κ2) is 5.16. The van der Waals surface area contributed by atoms with Crippen LogP contribution < -0.4 is 10.1 Å². The Labute approximate surface area is 110 Å². The molecule has 0 spiro atoms. The van der Waals surface area contributed by atoms with Gasteiger partial charge < -0.3 is 20.3 Å². The van der Waals surface area contributed by atoms with E-state index in [9.17, 15) is 9.90 Å². The molecule has 1 fully saturated rings. The van der Waals surface area contributed by atoms with Gasteiger partial charge in [-0.3, -0.25) is 4.79 Å². The summed E-state index contributed by atoms with van der Waals surface area (Å²) in [4.78, 5) is 10.9. The highest BCUT2D eigenvalue weighted by molar-refractivity contribution is 5.71. The fourth-order valence-corrected chi connectivity index (χ4v) is 2.31. The number of hydrogen-bond acceptors (Lipinski definition) is 5. The van der Waals surface area contributed by atoms with Crippen molar-refractivity contribution in [3.63, 3.8) is 0 Å². The van der Waals surface area contributed by atoms with Crippen LogP contribution >= 0.6 is 0 Å². The second-order valence-electron chi connectivity index (χ2n) is 4.46. The summed E-state index contributed by atoms with van der Waals surface area (Å²) in [6.45, 7) is 0.384. The third-order valence-electron chi connectivity index (χ3n) is 3.30. The summed E-state index contributed by atoms with van der Waals surface area (Å²) in [5.41, 5.74) is 0.927. The van der Waals surface area contributed by atoms with E-state index in [1.165, 1.54) is 13.2 Å². The number of nitrogens with zero attached hydrogens (tertiary/aromatic N) is 1. The number of ether oxygens (including phenoxy) is 1. The Morgan fingerprint density at radius 3 is 2.84 bits per heavy atom. The van der Waals surface area contributed by atoms with E-state index in [0.717, 1.165) is 0 Å². The van der Waals surface area contributed by atoms with Crippen molar-refractivity contribution in [3.8, 4) is 17.6 Å². The largest absolute Gasteiger partial charge is 0.504 e. The Morgan fingerprint density at radius 1 is 1.58 bits per heavy atom. The summed E-state index contributed by atoms with van der Waals surface area (Å²) < 4.78 is 4.96. The van der Waals surface area contributed by atoms with Gasteiger partial charge >= 0.3 is 5.97 Å². The van der Waals surface area contributed by atoms with E-state index < -0.39 is 11.9 Å². The van der Waals surface area contributed by atoms with Gasteiger partial charge in [-0.25, -0.2) is 0 Å². The van der Waals surface area contributed by atoms with Crippen LogP contribution in [0, 0.1) is 17.2 Å².